The summed E-state index contributed by atoms with van der Waals surface area (Å²) in [5.41, 5.74) is 7.01. The summed E-state index contributed by atoms with van der Waals surface area (Å²) in [6, 6.07) is 11.0. The summed E-state index contributed by atoms with van der Waals surface area (Å²) < 4.78 is 31.4. The van der Waals surface area contributed by atoms with E-state index in [2.05, 4.69) is 32.3 Å². The first kappa shape index (κ1) is 28.8. The molecule has 0 saturated heterocycles. The van der Waals surface area contributed by atoms with Crippen molar-refractivity contribution in [2.75, 3.05) is 13.1 Å². The lowest BCUT2D eigenvalue weighted by Crippen LogP contribution is -2.84. The quantitative estimate of drug-likeness (QED) is 0.302. The maximum Gasteiger partial charge on any atom is 0.405 e. The zero-order valence-electron chi connectivity index (χ0n) is 20.2. The highest BCUT2D eigenvalue weighted by Gasteiger charge is 2.18. The number of benzene rings is 2. The third-order valence-corrected chi connectivity index (χ3v) is 5.44. The standard InChI is InChI=1S/C14H11F2NO2.C14H25N/c15-11-5-1-3-9(7-11)13(19-14(17)18)10-4-2-6-12(16)8-10;1-5-9-14(8-4)12-15-11-10-13(6-2)7-3/h1-8,13H,(H2,17,18);5,8-9,13,15H,1,4,6-7,10-12H2,2-3H3/p+1/b;14-9+. The Morgan fingerprint density at radius 2 is 1.62 bits per heavy atom. The number of primary amides is 1. The molecule has 184 valence electrons. The van der Waals surface area contributed by atoms with Crippen LogP contribution in [0.15, 0.2) is 85.5 Å². The molecule has 0 unspecified atom stereocenters. The molecule has 1 amide bonds. The monoisotopic (exact) mass is 471 g/mol. The molecule has 0 radical (unpaired) electrons. The molecule has 0 aliphatic carbocycles. The van der Waals surface area contributed by atoms with E-state index in [0.29, 0.717) is 11.1 Å². The molecular formula is C28H37F2N2O2+. The first-order valence-electron chi connectivity index (χ1n) is 11.6. The number of halogens is 2. The van der Waals surface area contributed by atoms with Crippen molar-refractivity contribution in [3.05, 3.63) is 108 Å². The fourth-order valence-corrected chi connectivity index (χ4v) is 3.47. The Morgan fingerprint density at radius 3 is 2.03 bits per heavy atom. The third-order valence-electron chi connectivity index (χ3n) is 5.44. The SMILES string of the molecule is C=C/C=C(\C=C)C[NH2+]CCC(CC)CC.NC(=O)OC(c1cccc(F)c1)c1cccc(F)c1. The lowest BCUT2D eigenvalue weighted by molar-refractivity contribution is -0.648. The molecular weight excluding hydrogens is 434 g/mol. The fourth-order valence-electron chi connectivity index (χ4n) is 3.47. The summed E-state index contributed by atoms with van der Waals surface area (Å²) >= 11 is 0. The highest BCUT2D eigenvalue weighted by molar-refractivity contribution is 5.65. The molecule has 2 aromatic carbocycles. The number of carbonyl (C=O) groups excluding carboxylic acids is 1. The minimum Gasteiger partial charge on any atom is -0.437 e. The van der Waals surface area contributed by atoms with Crippen molar-refractivity contribution >= 4 is 6.09 Å². The Bertz CT molecular complexity index is 894. The topological polar surface area (TPSA) is 68.9 Å². The van der Waals surface area contributed by atoms with Crippen LogP contribution in [0.25, 0.3) is 0 Å². The zero-order valence-corrected chi connectivity index (χ0v) is 20.2. The third kappa shape index (κ3) is 11.1. The molecule has 0 aliphatic heterocycles. The van der Waals surface area contributed by atoms with Crippen LogP contribution in [0.3, 0.4) is 0 Å². The van der Waals surface area contributed by atoms with Crippen LogP contribution < -0.4 is 11.1 Å². The molecule has 4 nitrogen and oxygen atoms in total. The van der Waals surface area contributed by atoms with Crippen LogP contribution in [0.2, 0.25) is 0 Å². The highest BCUT2D eigenvalue weighted by atomic mass is 19.1. The molecule has 0 heterocycles. The molecule has 2 aromatic rings. The number of hydrogen-bond acceptors (Lipinski definition) is 2. The van der Waals surface area contributed by atoms with Gasteiger partial charge in [0.2, 0.25) is 0 Å². The summed E-state index contributed by atoms with van der Waals surface area (Å²) in [6.07, 6.45) is 7.75. The van der Waals surface area contributed by atoms with Crippen molar-refractivity contribution in [1.29, 1.82) is 0 Å². The van der Waals surface area contributed by atoms with Crippen molar-refractivity contribution in [3.8, 4) is 0 Å². The smallest absolute Gasteiger partial charge is 0.405 e. The van der Waals surface area contributed by atoms with Crippen LogP contribution in [0.1, 0.15) is 50.3 Å². The highest BCUT2D eigenvalue weighted by Crippen LogP contribution is 2.27. The molecule has 6 heteroatoms. The molecule has 0 spiro atoms. The van der Waals surface area contributed by atoms with Crippen molar-refractivity contribution in [3.63, 3.8) is 0 Å². The number of hydrogen-bond donors (Lipinski definition) is 2. The largest absolute Gasteiger partial charge is 0.437 e. The predicted octanol–water partition coefficient (Wildman–Crippen LogP) is 5.82. The summed E-state index contributed by atoms with van der Waals surface area (Å²) in [5.74, 6) is -0.0595. The van der Waals surface area contributed by atoms with Crippen LogP contribution in [0.5, 0.6) is 0 Å². The number of nitrogens with two attached hydrogens (primary N) is 2. The average molecular weight is 472 g/mol. The number of rotatable bonds is 12. The van der Waals surface area contributed by atoms with Gasteiger partial charge in [-0.15, -0.1) is 0 Å². The average Bonchev–Trinajstić information content (AvgIpc) is 2.82. The van der Waals surface area contributed by atoms with Gasteiger partial charge in [-0.05, 0) is 47.7 Å². The second-order valence-corrected chi connectivity index (χ2v) is 7.86. The van der Waals surface area contributed by atoms with Gasteiger partial charge in [-0.25, -0.2) is 13.6 Å². The maximum atomic E-state index is 13.2. The van der Waals surface area contributed by atoms with Gasteiger partial charge in [0, 0.05) is 5.57 Å². The van der Waals surface area contributed by atoms with Gasteiger partial charge in [0.05, 0.1) is 6.54 Å². The van der Waals surface area contributed by atoms with Crippen molar-refractivity contribution in [1.82, 2.24) is 0 Å². The Kier molecular flexibility index (Phi) is 13.9. The van der Waals surface area contributed by atoms with Gasteiger partial charge >= 0.3 is 6.09 Å². The van der Waals surface area contributed by atoms with E-state index in [1.165, 1.54) is 67.8 Å². The van der Waals surface area contributed by atoms with Gasteiger partial charge in [-0.3, -0.25) is 0 Å². The molecule has 0 fully saturated rings. The van der Waals surface area contributed by atoms with Gasteiger partial charge in [0.15, 0.2) is 6.10 Å². The number of quaternary nitrogens is 1. The summed E-state index contributed by atoms with van der Waals surface area (Å²) in [4.78, 5) is 10.9. The van der Waals surface area contributed by atoms with E-state index in [9.17, 15) is 13.6 Å². The lowest BCUT2D eigenvalue weighted by Gasteiger charge is -2.17. The molecule has 0 atom stereocenters. The van der Waals surface area contributed by atoms with Gasteiger partial charge < -0.3 is 15.8 Å². The van der Waals surface area contributed by atoms with Crippen LogP contribution in [0, 0.1) is 17.6 Å². The van der Waals surface area contributed by atoms with Gasteiger partial charge in [-0.2, -0.15) is 0 Å². The van der Waals surface area contributed by atoms with Crippen LogP contribution in [-0.2, 0) is 4.74 Å². The molecule has 0 bridgehead atoms. The van der Waals surface area contributed by atoms with Crippen LogP contribution in [-0.4, -0.2) is 19.2 Å². The Balaban J connectivity index is 0.000000352. The van der Waals surface area contributed by atoms with Crippen LogP contribution in [0.4, 0.5) is 13.6 Å². The fraction of sp³-hybridized carbons (Fsp3) is 0.321. The van der Waals surface area contributed by atoms with Crippen molar-refractivity contribution in [2.45, 2.75) is 39.2 Å². The minimum atomic E-state index is -1.02. The van der Waals surface area contributed by atoms with E-state index in [1.54, 1.807) is 12.1 Å². The Morgan fingerprint density at radius 1 is 1.06 bits per heavy atom. The van der Waals surface area contributed by atoms with E-state index < -0.39 is 23.8 Å². The molecule has 34 heavy (non-hydrogen) atoms. The summed E-state index contributed by atoms with van der Waals surface area (Å²) in [5, 5.41) is 2.36. The number of allylic oxidation sites excluding steroid dienone is 2. The first-order valence-corrected chi connectivity index (χ1v) is 11.6. The van der Waals surface area contributed by atoms with E-state index in [4.69, 9.17) is 10.5 Å². The summed E-state index contributed by atoms with van der Waals surface area (Å²) in [6.45, 7) is 14.3. The van der Waals surface area contributed by atoms with Crippen LogP contribution >= 0.6 is 0 Å². The van der Waals surface area contributed by atoms with Gasteiger partial charge in [0.25, 0.3) is 0 Å². The van der Waals surface area contributed by atoms with Crippen molar-refractivity contribution < 1.29 is 23.6 Å². The summed E-state index contributed by atoms with van der Waals surface area (Å²) in [7, 11) is 0. The molecule has 2 rings (SSSR count). The second kappa shape index (κ2) is 16.4. The molecule has 0 aliphatic rings. The maximum absolute atomic E-state index is 13.2. The van der Waals surface area contributed by atoms with Gasteiger partial charge in [0.1, 0.15) is 18.2 Å². The van der Waals surface area contributed by atoms with E-state index in [0.717, 1.165) is 12.5 Å². The van der Waals surface area contributed by atoms with Gasteiger partial charge in [-0.1, -0.05) is 82.3 Å². The van der Waals surface area contributed by atoms with E-state index >= 15 is 0 Å². The molecule has 0 aromatic heterocycles. The Hall–Kier alpha value is -3.25. The normalized spacial score (nSPS) is 11.1. The molecule has 4 N–H and O–H groups in total. The van der Waals surface area contributed by atoms with Crippen molar-refractivity contribution in [2.24, 2.45) is 11.7 Å². The van der Waals surface area contributed by atoms with E-state index in [-0.39, 0.29) is 0 Å². The molecule has 0 saturated carbocycles. The number of amides is 1. The second-order valence-electron chi connectivity index (χ2n) is 7.86. The number of carbonyl (C=O) groups is 1. The zero-order chi connectivity index (χ0) is 25.3. The van der Waals surface area contributed by atoms with E-state index in [1.807, 2.05) is 18.2 Å². The Labute approximate surface area is 202 Å². The number of ether oxygens (including phenoxy) is 1. The minimum absolute atomic E-state index is 0.379. The lowest BCUT2D eigenvalue weighted by atomic mass is 10.00. The predicted molar refractivity (Wildman–Crippen MR) is 134 cm³/mol. The first-order chi connectivity index (χ1) is 16.3.